The van der Waals surface area contributed by atoms with E-state index < -0.39 is 11.1 Å². The molecule has 1 aliphatic carbocycles. The number of amides is 2. The number of aliphatic imine (C=N–C) groups is 1. The minimum atomic E-state index is -0.542. The number of hydrogen-bond acceptors (Lipinski definition) is 4. The van der Waals surface area contributed by atoms with Gasteiger partial charge in [-0.25, -0.2) is 9.38 Å². The molecule has 5 nitrogen and oxygen atoms in total. The third-order valence-corrected chi connectivity index (χ3v) is 5.53. The van der Waals surface area contributed by atoms with Gasteiger partial charge in [0.05, 0.1) is 11.4 Å². The summed E-state index contributed by atoms with van der Waals surface area (Å²) in [6.45, 7) is 0. The average molecular weight is 383 g/mol. The van der Waals surface area contributed by atoms with Crippen LogP contribution in [0.15, 0.2) is 59.6 Å². The van der Waals surface area contributed by atoms with Crippen LogP contribution in [0.4, 0.5) is 15.8 Å². The molecule has 1 saturated heterocycles. The smallest absolute Gasteiger partial charge is 0.242 e. The lowest BCUT2D eigenvalue weighted by atomic mass is 10.2. The summed E-state index contributed by atoms with van der Waals surface area (Å²) in [4.78, 5) is 31.5. The molecule has 2 aromatic carbocycles. The van der Waals surface area contributed by atoms with E-state index in [2.05, 4.69) is 10.3 Å². The van der Waals surface area contributed by atoms with Crippen LogP contribution in [0.3, 0.4) is 0 Å². The van der Waals surface area contributed by atoms with Gasteiger partial charge < -0.3 is 5.32 Å². The first-order valence-corrected chi connectivity index (χ1v) is 9.67. The van der Waals surface area contributed by atoms with E-state index in [-0.39, 0.29) is 30.0 Å². The Morgan fingerprint density at radius 2 is 1.85 bits per heavy atom. The highest BCUT2D eigenvalue weighted by Crippen LogP contribution is 2.39. The van der Waals surface area contributed by atoms with Crippen LogP contribution >= 0.6 is 11.8 Å². The van der Waals surface area contributed by atoms with E-state index in [0.29, 0.717) is 5.17 Å². The van der Waals surface area contributed by atoms with E-state index >= 15 is 0 Å². The molecule has 0 bridgehead atoms. The standard InChI is InChI=1S/C20H18FN3O2S/c21-15-8-4-5-9-16(15)23-18(25)12-17-19(26)24(14-10-11-14)20(27-17)22-13-6-2-1-3-7-13/h1-9,14,17H,10-12H2,(H,23,25)/t17-/m0/s1. The van der Waals surface area contributed by atoms with E-state index in [1.807, 2.05) is 30.3 Å². The fourth-order valence-corrected chi connectivity index (χ4v) is 4.12. The van der Waals surface area contributed by atoms with Gasteiger partial charge in [0.2, 0.25) is 11.8 Å². The summed E-state index contributed by atoms with van der Waals surface area (Å²) >= 11 is 1.30. The number of rotatable bonds is 5. The third-order valence-electron chi connectivity index (χ3n) is 4.38. The Balaban J connectivity index is 1.49. The number of para-hydroxylation sites is 2. The van der Waals surface area contributed by atoms with Crippen LogP contribution in [-0.4, -0.2) is 33.2 Å². The van der Waals surface area contributed by atoms with Crippen LogP contribution in [0.25, 0.3) is 0 Å². The molecule has 0 radical (unpaired) electrons. The van der Waals surface area contributed by atoms with Gasteiger partial charge in [-0.3, -0.25) is 14.5 Å². The van der Waals surface area contributed by atoms with Gasteiger partial charge in [-0.2, -0.15) is 0 Å². The van der Waals surface area contributed by atoms with Gasteiger partial charge in [0.25, 0.3) is 0 Å². The molecule has 1 atom stereocenters. The lowest BCUT2D eigenvalue weighted by Crippen LogP contribution is -2.35. The Morgan fingerprint density at radius 1 is 1.15 bits per heavy atom. The summed E-state index contributed by atoms with van der Waals surface area (Å²) < 4.78 is 13.7. The van der Waals surface area contributed by atoms with Gasteiger partial charge >= 0.3 is 0 Å². The Bertz CT molecular complexity index is 899. The maximum Gasteiger partial charge on any atom is 0.242 e. The van der Waals surface area contributed by atoms with Gasteiger partial charge in [-0.05, 0) is 37.1 Å². The number of halogens is 1. The number of carbonyl (C=O) groups is 2. The van der Waals surface area contributed by atoms with Crippen LogP contribution in [-0.2, 0) is 9.59 Å². The maximum absolute atomic E-state index is 13.7. The largest absolute Gasteiger partial charge is 0.324 e. The van der Waals surface area contributed by atoms with Crippen molar-refractivity contribution in [3.8, 4) is 0 Å². The van der Waals surface area contributed by atoms with Crippen LogP contribution in [0.2, 0.25) is 0 Å². The quantitative estimate of drug-likeness (QED) is 0.850. The minimum Gasteiger partial charge on any atom is -0.324 e. The van der Waals surface area contributed by atoms with Crippen molar-refractivity contribution in [1.29, 1.82) is 0 Å². The van der Waals surface area contributed by atoms with Gasteiger partial charge in [-0.1, -0.05) is 42.1 Å². The predicted molar refractivity (Wildman–Crippen MR) is 104 cm³/mol. The highest BCUT2D eigenvalue weighted by atomic mass is 32.2. The molecule has 4 rings (SSSR count). The fourth-order valence-electron chi connectivity index (χ4n) is 2.91. The summed E-state index contributed by atoms with van der Waals surface area (Å²) in [5.74, 6) is -0.981. The summed E-state index contributed by atoms with van der Waals surface area (Å²) in [7, 11) is 0. The first-order valence-electron chi connectivity index (χ1n) is 8.79. The summed E-state index contributed by atoms with van der Waals surface area (Å²) in [5.41, 5.74) is 0.894. The molecule has 0 unspecified atom stereocenters. The molecule has 2 aliphatic rings. The second kappa shape index (κ2) is 7.52. The molecule has 2 aromatic rings. The van der Waals surface area contributed by atoms with Gasteiger partial charge in [0.15, 0.2) is 5.17 Å². The second-order valence-corrected chi connectivity index (χ2v) is 7.68. The number of hydrogen-bond donors (Lipinski definition) is 1. The summed E-state index contributed by atoms with van der Waals surface area (Å²) in [6.07, 6.45) is 1.89. The first kappa shape index (κ1) is 17.7. The Kier molecular flexibility index (Phi) is 4.94. The molecule has 2 fully saturated rings. The molecule has 1 heterocycles. The van der Waals surface area contributed by atoms with Gasteiger partial charge in [0.1, 0.15) is 11.1 Å². The second-order valence-electron chi connectivity index (χ2n) is 6.51. The molecule has 7 heteroatoms. The number of benzene rings is 2. The zero-order chi connectivity index (χ0) is 18.8. The minimum absolute atomic E-state index is 0.0190. The molecule has 0 spiro atoms. The molecular formula is C20H18FN3O2S. The zero-order valence-corrected chi connectivity index (χ0v) is 15.3. The highest BCUT2D eigenvalue weighted by Gasteiger charge is 2.46. The average Bonchev–Trinajstić information content (AvgIpc) is 3.44. The highest BCUT2D eigenvalue weighted by molar-refractivity contribution is 8.15. The van der Waals surface area contributed by atoms with Crippen molar-refractivity contribution in [2.24, 2.45) is 4.99 Å². The number of thioether (sulfide) groups is 1. The normalized spacial score (nSPS) is 20.9. The van der Waals surface area contributed by atoms with E-state index in [4.69, 9.17) is 0 Å². The van der Waals surface area contributed by atoms with E-state index in [1.54, 1.807) is 17.0 Å². The molecular weight excluding hydrogens is 365 g/mol. The lowest BCUT2D eigenvalue weighted by molar-refractivity contribution is -0.128. The van der Waals surface area contributed by atoms with Gasteiger partial charge in [0, 0.05) is 12.5 Å². The molecule has 27 heavy (non-hydrogen) atoms. The van der Waals surface area contributed by atoms with Crippen molar-refractivity contribution in [3.63, 3.8) is 0 Å². The molecule has 0 aromatic heterocycles. The molecule has 2 amide bonds. The number of nitrogens with one attached hydrogen (secondary N) is 1. The van der Waals surface area contributed by atoms with Crippen LogP contribution in [0.5, 0.6) is 0 Å². The molecule has 138 valence electrons. The van der Waals surface area contributed by atoms with Crippen molar-refractivity contribution in [1.82, 2.24) is 4.90 Å². The van der Waals surface area contributed by atoms with Crippen LogP contribution in [0, 0.1) is 5.82 Å². The Morgan fingerprint density at radius 3 is 2.56 bits per heavy atom. The van der Waals surface area contributed by atoms with Crippen molar-refractivity contribution >= 4 is 40.1 Å². The number of anilines is 1. The Hall–Kier alpha value is -2.67. The lowest BCUT2D eigenvalue weighted by Gasteiger charge is -2.15. The van der Waals surface area contributed by atoms with E-state index in [1.165, 1.54) is 23.9 Å². The van der Waals surface area contributed by atoms with E-state index in [0.717, 1.165) is 18.5 Å². The van der Waals surface area contributed by atoms with Crippen molar-refractivity contribution in [3.05, 3.63) is 60.4 Å². The zero-order valence-electron chi connectivity index (χ0n) is 14.5. The van der Waals surface area contributed by atoms with Crippen molar-refractivity contribution in [2.45, 2.75) is 30.6 Å². The predicted octanol–water partition coefficient (Wildman–Crippen LogP) is 3.95. The Labute approximate surface area is 160 Å². The fraction of sp³-hybridized carbons (Fsp3) is 0.250. The number of carbonyl (C=O) groups excluding carboxylic acids is 2. The molecule has 1 saturated carbocycles. The van der Waals surface area contributed by atoms with Gasteiger partial charge in [-0.15, -0.1) is 0 Å². The topological polar surface area (TPSA) is 61.8 Å². The van der Waals surface area contributed by atoms with Crippen LogP contribution < -0.4 is 5.32 Å². The maximum atomic E-state index is 13.7. The number of amidine groups is 1. The van der Waals surface area contributed by atoms with Crippen molar-refractivity contribution in [2.75, 3.05) is 5.32 Å². The molecule has 1 N–H and O–H groups in total. The van der Waals surface area contributed by atoms with Crippen LogP contribution in [0.1, 0.15) is 19.3 Å². The van der Waals surface area contributed by atoms with Crippen molar-refractivity contribution < 1.29 is 14.0 Å². The molecule has 1 aliphatic heterocycles. The first-order chi connectivity index (χ1) is 13.1. The third kappa shape index (κ3) is 4.03. The monoisotopic (exact) mass is 383 g/mol. The SMILES string of the molecule is O=C(C[C@@H]1SC(=Nc2ccccc2)N(C2CC2)C1=O)Nc1ccccc1F. The van der Waals surface area contributed by atoms with E-state index in [9.17, 15) is 14.0 Å². The number of nitrogens with zero attached hydrogens (tertiary/aromatic N) is 2. The summed E-state index contributed by atoms with van der Waals surface area (Å²) in [6, 6.07) is 15.6. The summed E-state index contributed by atoms with van der Waals surface area (Å²) in [5, 5.41) is 2.64.